The van der Waals surface area contributed by atoms with E-state index in [0.717, 1.165) is 23.1 Å². The fourth-order valence-corrected chi connectivity index (χ4v) is 3.88. The minimum absolute atomic E-state index is 0.213. The first-order valence-electron chi connectivity index (χ1n) is 9.79. The first-order chi connectivity index (χ1) is 15.3. The van der Waals surface area contributed by atoms with Crippen molar-refractivity contribution < 1.29 is 28.2 Å². The van der Waals surface area contributed by atoms with Crippen LogP contribution in [0.2, 0.25) is 0 Å². The second-order valence-corrected chi connectivity index (χ2v) is 7.36. The Morgan fingerprint density at radius 2 is 1.72 bits per heavy atom. The highest BCUT2D eigenvalue weighted by Gasteiger charge is 2.47. The van der Waals surface area contributed by atoms with Crippen LogP contribution < -0.4 is 9.64 Å². The highest BCUT2D eigenvalue weighted by atomic mass is 19.1. The molecule has 1 amide bonds. The van der Waals surface area contributed by atoms with Crippen LogP contribution in [0, 0.1) is 18.6 Å². The van der Waals surface area contributed by atoms with Crippen LogP contribution in [0.4, 0.5) is 14.5 Å². The highest BCUT2D eigenvalue weighted by molar-refractivity contribution is 6.51. The lowest BCUT2D eigenvalue weighted by Crippen LogP contribution is -2.30. The zero-order chi connectivity index (χ0) is 23.0. The summed E-state index contributed by atoms with van der Waals surface area (Å²) in [5, 5.41) is 11.1. The van der Waals surface area contributed by atoms with Gasteiger partial charge in [-0.05, 0) is 48.4 Å². The van der Waals surface area contributed by atoms with Crippen molar-refractivity contribution in [1.29, 1.82) is 0 Å². The lowest BCUT2D eigenvalue weighted by atomic mass is 9.94. The molecule has 1 aliphatic rings. The normalized spacial score (nSPS) is 17.6. The summed E-state index contributed by atoms with van der Waals surface area (Å²) in [6.07, 6.45) is 0. The molecular formula is C25H19F2NO4. The van der Waals surface area contributed by atoms with E-state index < -0.39 is 35.1 Å². The predicted octanol–water partition coefficient (Wildman–Crippen LogP) is 4.91. The Kier molecular flexibility index (Phi) is 5.48. The number of rotatable bonds is 4. The molecule has 1 N–H and O–H groups in total. The van der Waals surface area contributed by atoms with Crippen LogP contribution >= 0.6 is 0 Å². The molecule has 7 heteroatoms. The zero-order valence-corrected chi connectivity index (χ0v) is 17.3. The van der Waals surface area contributed by atoms with Gasteiger partial charge < -0.3 is 9.84 Å². The fraction of sp³-hybridized carbons (Fsp3) is 0.120. The second-order valence-electron chi connectivity index (χ2n) is 7.36. The molecule has 0 saturated carbocycles. The summed E-state index contributed by atoms with van der Waals surface area (Å²) in [7, 11) is 1.51. The number of aliphatic hydroxyl groups excluding tert-OH is 1. The van der Waals surface area contributed by atoms with Gasteiger partial charge in [0.2, 0.25) is 0 Å². The largest absolute Gasteiger partial charge is 0.507 e. The number of benzene rings is 3. The monoisotopic (exact) mass is 435 g/mol. The van der Waals surface area contributed by atoms with Gasteiger partial charge in [-0.15, -0.1) is 0 Å². The molecule has 0 bridgehead atoms. The van der Waals surface area contributed by atoms with E-state index in [1.54, 1.807) is 55.5 Å². The molecule has 0 spiro atoms. The molecule has 1 saturated heterocycles. The number of Topliss-reactive ketones (excluding diaryl/α,β-unsaturated/α-hetero) is 1. The Morgan fingerprint density at radius 3 is 2.38 bits per heavy atom. The van der Waals surface area contributed by atoms with Crippen LogP contribution in [-0.4, -0.2) is 23.9 Å². The molecule has 1 heterocycles. The minimum atomic E-state index is -1.14. The van der Waals surface area contributed by atoms with Gasteiger partial charge in [-0.25, -0.2) is 8.78 Å². The van der Waals surface area contributed by atoms with Crippen LogP contribution in [-0.2, 0) is 9.59 Å². The number of halogens is 2. The molecule has 0 radical (unpaired) electrons. The van der Waals surface area contributed by atoms with E-state index in [2.05, 4.69) is 0 Å². The third-order valence-electron chi connectivity index (χ3n) is 5.40. The smallest absolute Gasteiger partial charge is 0.300 e. The summed E-state index contributed by atoms with van der Waals surface area (Å²) in [5.74, 6) is -3.51. The molecule has 1 atom stereocenters. The summed E-state index contributed by atoms with van der Waals surface area (Å²) < 4.78 is 33.8. The molecule has 3 aromatic carbocycles. The fourth-order valence-electron chi connectivity index (χ4n) is 3.88. The van der Waals surface area contributed by atoms with Crippen molar-refractivity contribution in [1.82, 2.24) is 0 Å². The van der Waals surface area contributed by atoms with E-state index in [4.69, 9.17) is 4.74 Å². The second kappa shape index (κ2) is 8.26. The van der Waals surface area contributed by atoms with Gasteiger partial charge in [0.05, 0.1) is 24.4 Å². The van der Waals surface area contributed by atoms with Crippen molar-refractivity contribution >= 4 is 23.1 Å². The molecule has 1 unspecified atom stereocenters. The third kappa shape index (κ3) is 3.51. The van der Waals surface area contributed by atoms with E-state index in [1.807, 2.05) is 0 Å². The molecule has 0 aromatic heterocycles. The van der Waals surface area contributed by atoms with E-state index >= 15 is 0 Å². The maximum atomic E-state index is 14.6. The van der Waals surface area contributed by atoms with Crippen molar-refractivity contribution in [3.63, 3.8) is 0 Å². The van der Waals surface area contributed by atoms with Crippen molar-refractivity contribution in [3.8, 4) is 5.75 Å². The number of ether oxygens (including phenoxy) is 1. The molecule has 1 fully saturated rings. The quantitative estimate of drug-likeness (QED) is 0.359. The average molecular weight is 435 g/mol. The topological polar surface area (TPSA) is 66.8 Å². The SMILES string of the molecule is COc1ccc(/C(O)=C2\C(=O)C(=O)N(c3cc(F)ccc3F)C2c2ccccc2)cc1C. The number of nitrogens with zero attached hydrogens (tertiary/aromatic N) is 1. The number of hydrogen-bond donors (Lipinski definition) is 1. The minimum Gasteiger partial charge on any atom is -0.507 e. The molecule has 5 nitrogen and oxygen atoms in total. The van der Waals surface area contributed by atoms with Crippen molar-refractivity contribution in [2.75, 3.05) is 12.0 Å². The Morgan fingerprint density at radius 1 is 1.00 bits per heavy atom. The Bertz CT molecular complexity index is 1250. The van der Waals surface area contributed by atoms with E-state index in [1.165, 1.54) is 7.11 Å². The summed E-state index contributed by atoms with van der Waals surface area (Å²) in [6.45, 7) is 1.77. The molecule has 1 aliphatic heterocycles. The van der Waals surface area contributed by atoms with E-state index in [-0.39, 0.29) is 11.3 Å². The molecule has 3 aromatic rings. The summed E-state index contributed by atoms with van der Waals surface area (Å²) >= 11 is 0. The van der Waals surface area contributed by atoms with Gasteiger partial charge in [-0.1, -0.05) is 30.3 Å². The van der Waals surface area contributed by atoms with Gasteiger partial charge in [0.25, 0.3) is 11.7 Å². The van der Waals surface area contributed by atoms with Crippen LogP contribution in [0.5, 0.6) is 5.75 Å². The standard InChI is InChI=1S/C25H19F2NO4/c1-14-12-16(8-11-20(14)32-2)23(29)21-22(15-6-4-3-5-7-15)28(25(31)24(21)30)19-13-17(26)9-10-18(19)27/h3-13,22,29H,1-2H3/b23-21+. The highest BCUT2D eigenvalue weighted by Crippen LogP contribution is 2.43. The number of aryl methyl sites for hydroxylation is 1. The average Bonchev–Trinajstić information content (AvgIpc) is 3.06. The molecular weight excluding hydrogens is 416 g/mol. The van der Waals surface area contributed by atoms with Gasteiger partial charge in [0, 0.05) is 11.6 Å². The number of carbonyl (C=O) groups is 2. The lowest BCUT2D eigenvalue weighted by molar-refractivity contribution is -0.132. The first-order valence-corrected chi connectivity index (χ1v) is 9.79. The van der Waals surface area contributed by atoms with Gasteiger partial charge in [0.15, 0.2) is 0 Å². The van der Waals surface area contributed by atoms with E-state index in [9.17, 15) is 23.5 Å². The predicted molar refractivity (Wildman–Crippen MR) is 115 cm³/mol. The molecule has 162 valence electrons. The van der Waals surface area contributed by atoms with Crippen molar-refractivity contribution in [3.05, 3.63) is 101 Å². The molecule has 0 aliphatic carbocycles. The van der Waals surface area contributed by atoms with Gasteiger partial charge in [-0.3, -0.25) is 14.5 Å². The maximum Gasteiger partial charge on any atom is 0.300 e. The summed E-state index contributed by atoms with van der Waals surface area (Å²) in [6, 6.07) is 14.7. The maximum absolute atomic E-state index is 14.6. The van der Waals surface area contributed by atoms with E-state index in [0.29, 0.717) is 22.4 Å². The van der Waals surface area contributed by atoms with Crippen LogP contribution in [0.25, 0.3) is 5.76 Å². The van der Waals surface area contributed by atoms with Gasteiger partial charge >= 0.3 is 0 Å². The van der Waals surface area contributed by atoms with Crippen molar-refractivity contribution in [2.24, 2.45) is 0 Å². The number of anilines is 1. The lowest BCUT2D eigenvalue weighted by Gasteiger charge is -2.25. The Hall–Kier alpha value is -4.00. The van der Waals surface area contributed by atoms with Gasteiger partial charge in [0.1, 0.15) is 23.1 Å². The zero-order valence-electron chi connectivity index (χ0n) is 17.3. The molecule has 32 heavy (non-hydrogen) atoms. The number of hydrogen-bond acceptors (Lipinski definition) is 4. The molecule has 4 rings (SSSR count). The van der Waals surface area contributed by atoms with Gasteiger partial charge in [-0.2, -0.15) is 0 Å². The Labute approximate surface area is 183 Å². The number of aliphatic hydroxyl groups is 1. The Balaban J connectivity index is 1.96. The number of amides is 1. The third-order valence-corrected chi connectivity index (χ3v) is 5.40. The van der Waals surface area contributed by atoms with Crippen molar-refractivity contribution in [2.45, 2.75) is 13.0 Å². The number of methoxy groups -OCH3 is 1. The summed E-state index contributed by atoms with van der Waals surface area (Å²) in [5.41, 5.74) is 0.864. The van der Waals surface area contributed by atoms with Crippen LogP contribution in [0.15, 0.2) is 72.3 Å². The first kappa shape index (κ1) is 21.2. The van der Waals surface area contributed by atoms with Crippen LogP contribution in [0.3, 0.4) is 0 Å². The number of ketones is 1. The summed E-state index contributed by atoms with van der Waals surface area (Å²) in [4.78, 5) is 26.9. The van der Waals surface area contributed by atoms with Crippen LogP contribution in [0.1, 0.15) is 22.7 Å². The number of carbonyl (C=O) groups excluding carboxylic acids is 2.